The van der Waals surface area contributed by atoms with Crippen LogP contribution in [0, 0.1) is 0 Å². The Bertz CT molecular complexity index is 628. The molecule has 0 heterocycles. The van der Waals surface area contributed by atoms with Gasteiger partial charge in [-0.25, -0.2) is 0 Å². The number of allylic oxidation sites excluding steroid dienone is 1. The summed E-state index contributed by atoms with van der Waals surface area (Å²) in [6, 6.07) is 19.9. The quantitative estimate of drug-likeness (QED) is 0.678. The number of hydrogen-bond acceptors (Lipinski definition) is 0. The molecule has 0 aromatic heterocycles. The van der Waals surface area contributed by atoms with Crippen LogP contribution in [0.25, 0.3) is 0 Å². The Morgan fingerprint density at radius 3 is 1.95 bits per heavy atom. The molecule has 0 amide bonds. The minimum absolute atomic E-state index is 0.216. The zero-order valence-corrected chi connectivity index (χ0v) is 15.6. The summed E-state index contributed by atoms with van der Waals surface area (Å²) in [7, 11) is -1.61. The number of benzene rings is 2. The zero-order chi connectivity index (χ0) is 16.4. The fourth-order valence-electron chi connectivity index (χ4n) is 2.65. The molecule has 0 saturated carbocycles. The third kappa shape index (κ3) is 3.78. The van der Waals surface area contributed by atoms with Gasteiger partial charge in [-0.2, -0.15) is 0 Å². The molecule has 116 valence electrons. The Balaban J connectivity index is 2.15. The lowest BCUT2D eigenvalue weighted by Crippen LogP contribution is -2.44. The Kier molecular flexibility index (Phi) is 4.77. The van der Waals surface area contributed by atoms with Crippen molar-refractivity contribution < 1.29 is 0 Å². The second-order valence-electron chi connectivity index (χ2n) is 7.72. The van der Waals surface area contributed by atoms with Crippen LogP contribution in [0.5, 0.6) is 0 Å². The molecule has 2 rings (SSSR count). The van der Waals surface area contributed by atoms with E-state index in [-0.39, 0.29) is 5.41 Å². The molecule has 1 heteroatoms. The summed E-state index contributed by atoms with van der Waals surface area (Å²) in [4.78, 5) is 0. The molecule has 0 atom stereocenters. The van der Waals surface area contributed by atoms with Crippen LogP contribution in [0.1, 0.15) is 31.9 Å². The first-order valence-electron chi connectivity index (χ1n) is 8.04. The molecule has 0 aliphatic carbocycles. The summed E-state index contributed by atoms with van der Waals surface area (Å²) in [6.07, 6.45) is 0.985. The molecule has 0 bridgehead atoms. The van der Waals surface area contributed by atoms with Gasteiger partial charge in [-0.3, -0.25) is 0 Å². The van der Waals surface area contributed by atoms with E-state index in [9.17, 15) is 0 Å². The Hall–Kier alpha value is -1.60. The zero-order valence-electron chi connectivity index (χ0n) is 14.6. The molecule has 2 aromatic rings. The fraction of sp³-hybridized carbons (Fsp3) is 0.333. The summed E-state index contributed by atoms with van der Waals surface area (Å²) in [5, 5.41) is 2.86. The average molecular weight is 309 g/mol. The van der Waals surface area contributed by atoms with Crippen molar-refractivity contribution in [1.29, 1.82) is 0 Å². The van der Waals surface area contributed by atoms with Crippen LogP contribution >= 0.6 is 0 Å². The monoisotopic (exact) mass is 308 g/mol. The van der Waals surface area contributed by atoms with Gasteiger partial charge in [0.2, 0.25) is 0 Å². The molecule has 0 aliphatic rings. The van der Waals surface area contributed by atoms with Gasteiger partial charge in [0.15, 0.2) is 0 Å². The summed E-state index contributed by atoms with van der Waals surface area (Å²) in [5.41, 5.74) is 2.98. The third-order valence-corrected chi connectivity index (χ3v) is 8.34. The summed E-state index contributed by atoms with van der Waals surface area (Å²) >= 11 is 0. The van der Waals surface area contributed by atoms with Crippen molar-refractivity contribution in [3.63, 3.8) is 0 Å². The van der Waals surface area contributed by atoms with Crippen molar-refractivity contribution in [2.45, 2.75) is 45.7 Å². The molecular formula is C21H28Si. The second-order valence-corrected chi connectivity index (χ2v) is 12.3. The van der Waals surface area contributed by atoms with Crippen LogP contribution < -0.4 is 5.19 Å². The maximum Gasteiger partial charge on any atom is 0.107 e. The van der Waals surface area contributed by atoms with Gasteiger partial charge in [-0.05, 0) is 23.0 Å². The highest BCUT2D eigenvalue weighted by atomic mass is 28.3. The van der Waals surface area contributed by atoms with E-state index in [1.807, 2.05) is 0 Å². The molecule has 0 aliphatic heterocycles. The van der Waals surface area contributed by atoms with Gasteiger partial charge in [0.05, 0.1) is 0 Å². The van der Waals surface area contributed by atoms with E-state index in [0.717, 1.165) is 6.42 Å². The molecule has 0 fully saturated rings. The maximum atomic E-state index is 4.43. The molecule has 0 radical (unpaired) electrons. The van der Waals surface area contributed by atoms with Gasteiger partial charge >= 0.3 is 0 Å². The van der Waals surface area contributed by atoms with Crippen LogP contribution in [0.15, 0.2) is 66.4 Å². The van der Waals surface area contributed by atoms with Gasteiger partial charge in [0.1, 0.15) is 8.07 Å². The second kappa shape index (κ2) is 6.25. The summed E-state index contributed by atoms with van der Waals surface area (Å²) in [6.45, 7) is 16.0. The van der Waals surface area contributed by atoms with E-state index < -0.39 is 8.07 Å². The number of hydrogen-bond donors (Lipinski definition) is 0. The van der Waals surface area contributed by atoms with Crippen molar-refractivity contribution in [3.8, 4) is 0 Å². The van der Waals surface area contributed by atoms with Crippen molar-refractivity contribution in [2.24, 2.45) is 0 Å². The Morgan fingerprint density at radius 1 is 0.909 bits per heavy atom. The first-order chi connectivity index (χ1) is 10.2. The molecule has 2 aromatic carbocycles. The van der Waals surface area contributed by atoms with Crippen molar-refractivity contribution in [1.82, 2.24) is 0 Å². The van der Waals surface area contributed by atoms with E-state index in [1.165, 1.54) is 21.5 Å². The van der Waals surface area contributed by atoms with E-state index >= 15 is 0 Å². The molecule has 0 unspecified atom stereocenters. The predicted octanol–water partition coefficient (Wildman–Crippen LogP) is 5.24. The SMILES string of the molecule is C=C(Cc1ccc(C(C)(C)C)cc1)[Si](C)(C)c1ccccc1. The Labute approximate surface area is 136 Å². The van der Waals surface area contributed by atoms with Crippen molar-refractivity contribution >= 4 is 13.3 Å². The largest absolute Gasteiger partial charge is 0.107 e. The predicted molar refractivity (Wildman–Crippen MR) is 102 cm³/mol. The lowest BCUT2D eigenvalue weighted by Gasteiger charge is -2.26. The van der Waals surface area contributed by atoms with Crippen LogP contribution in [0.2, 0.25) is 13.1 Å². The van der Waals surface area contributed by atoms with Gasteiger partial charge in [-0.15, -0.1) is 6.58 Å². The number of rotatable bonds is 4. The Morgan fingerprint density at radius 2 is 1.45 bits per heavy atom. The van der Waals surface area contributed by atoms with Crippen molar-refractivity contribution in [2.75, 3.05) is 0 Å². The minimum Gasteiger partial charge on any atom is -0.103 e. The molecule has 0 nitrogen and oxygen atoms in total. The van der Waals surface area contributed by atoms with Crippen molar-refractivity contribution in [3.05, 3.63) is 77.5 Å². The molecule has 0 saturated heterocycles. The lowest BCUT2D eigenvalue weighted by atomic mass is 9.86. The summed E-state index contributed by atoms with van der Waals surface area (Å²) < 4.78 is 0. The standard InChI is InChI=1S/C21H28Si/c1-17(22(5,6)20-10-8-7-9-11-20)16-18-12-14-19(15-13-18)21(2,3)4/h7-15H,1,16H2,2-6H3. The first-order valence-corrected chi connectivity index (χ1v) is 11.0. The molecule has 22 heavy (non-hydrogen) atoms. The van der Waals surface area contributed by atoms with Gasteiger partial charge in [-0.1, -0.05) is 98.8 Å². The molecule has 0 N–H and O–H groups in total. The van der Waals surface area contributed by atoms with Gasteiger partial charge in [0.25, 0.3) is 0 Å². The smallest absolute Gasteiger partial charge is 0.103 e. The van der Waals surface area contributed by atoms with E-state index in [0.29, 0.717) is 0 Å². The maximum absolute atomic E-state index is 4.43. The topological polar surface area (TPSA) is 0 Å². The lowest BCUT2D eigenvalue weighted by molar-refractivity contribution is 0.590. The normalized spacial score (nSPS) is 12.2. The van der Waals surface area contributed by atoms with E-state index in [2.05, 4.69) is 95.0 Å². The van der Waals surface area contributed by atoms with Gasteiger partial charge in [0, 0.05) is 0 Å². The van der Waals surface area contributed by atoms with Crippen LogP contribution in [0.3, 0.4) is 0 Å². The molecule has 0 spiro atoms. The van der Waals surface area contributed by atoms with Crippen LogP contribution in [0.4, 0.5) is 0 Å². The van der Waals surface area contributed by atoms with Crippen LogP contribution in [-0.4, -0.2) is 8.07 Å². The highest BCUT2D eigenvalue weighted by molar-refractivity contribution is 6.95. The highest BCUT2D eigenvalue weighted by Gasteiger charge is 2.26. The average Bonchev–Trinajstić information content (AvgIpc) is 2.47. The van der Waals surface area contributed by atoms with E-state index in [4.69, 9.17) is 0 Å². The minimum atomic E-state index is -1.61. The van der Waals surface area contributed by atoms with E-state index in [1.54, 1.807) is 0 Å². The summed E-state index contributed by atoms with van der Waals surface area (Å²) in [5.74, 6) is 0. The van der Waals surface area contributed by atoms with Crippen LogP contribution in [-0.2, 0) is 11.8 Å². The fourth-order valence-corrected chi connectivity index (χ4v) is 4.73. The molecular weight excluding hydrogens is 280 g/mol. The third-order valence-electron chi connectivity index (χ3n) is 4.62. The first kappa shape index (κ1) is 16.8. The highest BCUT2D eigenvalue weighted by Crippen LogP contribution is 2.24. The van der Waals surface area contributed by atoms with Gasteiger partial charge < -0.3 is 0 Å².